The van der Waals surface area contributed by atoms with Gasteiger partial charge in [0, 0.05) is 12.6 Å². The lowest BCUT2D eigenvalue weighted by atomic mass is 9.91. The number of ketones is 1. The third-order valence-electron chi connectivity index (χ3n) is 4.06. The van der Waals surface area contributed by atoms with Crippen LogP contribution in [-0.4, -0.2) is 49.6 Å². The fourth-order valence-electron chi connectivity index (χ4n) is 2.77. The zero-order valence-corrected chi connectivity index (χ0v) is 13.9. The Bertz CT molecular complexity index is 794. The maximum atomic E-state index is 12.7. The lowest BCUT2D eigenvalue weighted by molar-refractivity contribution is -0.148. The number of hydrogen-bond acceptors (Lipinski definition) is 8. The van der Waals surface area contributed by atoms with Gasteiger partial charge in [0.1, 0.15) is 5.92 Å². The number of methoxy groups -OCH3 is 3. The van der Waals surface area contributed by atoms with Crippen LogP contribution in [0, 0.1) is 11.8 Å². The molecule has 0 saturated carbocycles. The first kappa shape index (κ1) is 18.4. The van der Waals surface area contributed by atoms with Crippen molar-refractivity contribution in [3.05, 3.63) is 33.7 Å². The average Bonchev–Trinajstić information content (AvgIpc) is 2.77. The van der Waals surface area contributed by atoms with Crippen LogP contribution in [0.15, 0.2) is 16.9 Å². The second-order valence-electron chi connectivity index (χ2n) is 5.47. The Labute approximate surface area is 142 Å². The predicted octanol–water partition coefficient (Wildman–Crippen LogP) is -0.200. The Morgan fingerprint density at radius 1 is 1.00 bits per heavy atom. The number of ether oxygens (including phenoxy) is 3. The van der Waals surface area contributed by atoms with E-state index in [2.05, 4.69) is 14.2 Å². The normalized spacial score (nSPS) is 19.4. The zero-order valence-electron chi connectivity index (χ0n) is 13.9. The highest BCUT2D eigenvalue weighted by Gasteiger charge is 2.39. The van der Waals surface area contributed by atoms with E-state index in [0.29, 0.717) is 0 Å². The van der Waals surface area contributed by atoms with Gasteiger partial charge in [-0.25, -0.2) is 4.79 Å². The summed E-state index contributed by atoms with van der Waals surface area (Å²) in [5.74, 6) is -5.16. The summed E-state index contributed by atoms with van der Waals surface area (Å²) in [4.78, 5) is 60.7. The molecule has 25 heavy (non-hydrogen) atoms. The Hall–Kier alpha value is -2.97. The summed E-state index contributed by atoms with van der Waals surface area (Å²) >= 11 is 0. The summed E-state index contributed by atoms with van der Waals surface area (Å²) in [5.41, 5.74) is -0.937. The minimum absolute atomic E-state index is 0.118. The SMILES string of the molecule is COC(=O)c1cc2n(c(=O)c1)CC(C(=O)OC)CC(C(=O)OC)C2=O. The number of nitrogens with zero attached hydrogens (tertiary/aromatic N) is 1. The van der Waals surface area contributed by atoms with Crippen LogP contribution in [0.1, 0.15) is 27.3 Å². The van der Waals surface area contributed by atoms with E-state index in [9.17, 15) is 24.0 Å². The van der Waals surface area contributed by atoms with Crippen LogP contribution in [0.2, 0.25) is 0 Å². The van der Waals surface area contributed by atoms with Crippen molar-refractivity contribution < 1.29 is 33.4 Å². The summed E-state index contributed by atoms with van der Waals surface area (Å²) in [6.07, 6.45) is -0.160. The molecule has 9 heteroatoms. The van der Waals surface area contributed by atoms with Crippen molar-refractivity contribution in [3.8, 4) is 0 Å². The van der Waals surface area contributed by atoms with E-state index in [1.54, 1.807) is 0 Å². The number of pyridine rings is 1. The molecule has 2 rings (SSSR count). The standard InChI is InChI=1S/C16H17NO8/c1-23-14(20)8-5-11-13(19)10(16(22)25-3)4-9(15(21)24-2)7-17(11)12(18)6-8/h5-6,9-10H,4,7H2,1-3H3. The maximum absolute atomic E-state index is 12.7. The van der Waals surface area contributed by atoms with Gasteiger partial charge in [0.25, 0.3) is 5.56 Å². The highest BCUT2D eigenvalue weighted by atomic mass is 16.5. The first-order valence-electron chi connectivity index (χ1n) is 7.37. The van der Waals surface area contributed by atoms with E-state index < -0.39 is 41.1 Å². The largest absolute Gasteiger partial charge is 0.469 e. The lowest BCUT2D eigenvalue weighted by Gasteiger charge is -2.15. The van der Waals surface area contributed by atoms with Gasteiger partial charge in [0.05, 0.1) is 38.5 Å². The molecule has 134 valence electrons. The fourth-order valence-corrected chi connectivity index (χ4v) is 2.77. The van der Waals surface area contributed by atoms with Gasteiger partial charge >= 0.3 is 17.9 Å². The minimum Gasteiger partial charge on any atom is -0.469 e. The van der Waals surface area contributed by atoms with Crippen LogP contribution in [0.25, 0.3) is 0 Å². The van der Waals surface area contributed by atoms with Gasteiger partial charge in [-0.2, -0.15) is 0 Å². The second kappa shape index (κ2) is 7.29. The lowest BCUT2D eigenvalue weighted by Crippen LogP contribution is -2.30. The van der Waals surface area contributed by atoms with Gasteiger partial charge in [0.2, 0.25) is 0 Å². The molecule has 0 fully saturated rings. The molecular weight excluding hydrogens is 334 g/mol. The molecule has 0 saturated heterocycles. The average molecular weight is 351 g/mol. The highest BCUT2D eigenvalue weighted by molar-refractivity contribution is 6.09. The van der Waals surface area contributed by atoms with Crippen LogP contribution < -0.4 is 5.56 Å². The van der Waals surface area contributed by atoms with Crippen molar-refractivity contribution in [3.63, 3.8) is 0 Å². The monoisotopic (exact) mass is 351 g/mol. The molecule has 2 atom stereocenters. The molecule has 0 bridgehead atoms. The summed E-state index contributed by atoms with van der Waals surface area (Å²) in [6, 6.07) is 2.18. The molecule has 1 aromatic heterocycles. The molecule has 1 aliphatic rings. The molecule has 0 aliphatic carbocycles. The van der Waals surface area contributed by atoms with E-state index in [1.165, 1.54) is 13.2 Å². The Balaban J connectivity index is 2.64. The minimum atomic E-state index is -1.28. The molecule has 0 amide bonds. The molecule has 1 aliphatic heterocycles. The van der Waals surface area contributed by atoms with E-state index in [4.69, 9.17) is 0 Å². The quantitative estimate of drug-likeness (QED) is 0.417. The van der Waals surface area contributed by atoms with E-state index in [1.807, 2.05) is 0 Å². The highest BCUT2D eigenvalue weighted by Crippen LogP contribution is 2.26. The predicted molar refractivity (Wildman–Crippen MR) is 82.0 cm³/mol. The second-order valence-corrected chi connectivity index (χ2v) is 5.47. The number of hydrogen-bond donors (Lipinski definition) is 0. The van der Waals surface area contributed by atoms with Gasteiger partial charge in [-0.05, 0) is 12.5 Å². The number of rotatable bonds is 3. The Morgan fingerprint density at radius 3 is 2.20 bits per heavy atom. The van der Waals surface area contributed by atoms with Crippen LogP contribution in [0.4, 0.5) is 0 Å². The molecule has 0 spiro atoms. The van der Waals surface area contributed by atoms with Crippen molar-refractivity contribution in [2.45, 2.75) is 13.0 Å². The number of carbonyl (C=O) groups excluding carboxylic acids is 4. The van der Waals surface area contributed by atoms with Gasteiger partial charge in [-0.15, -0.1) is 0 Å². The smallest absolute Gasteiger partial charge is 0.338 e. The Kier molecular flexibility index (Phi) is 5.35. The van der Waals surface area contributed by atoms with Crippen molar-refractivity contribution in [2.75, 3.05) is 21.3 Å². The van der Waals surface area contributed by atoms with Crippen molar-refractivity contribution in [1.29, 1.82) is 0 Å². The Morgan fingerprint density at radius 2 is 1.64 bits per heavy atom. The van der Waals surface area contributed by atoms with Gasteiger partial charge in [-0.3, -0.25) is 19.2 Å². The summed E-state index contributed by atoms with van der Waals surface area (Å²) in [7, 11) is 3.43. The molecule has 0 N–H and O–H groups in total. The topological polar surface area (TPSA) is 118 Å². The van der Waals surface area contributed by atoms with E-state index >= 15 is 0 Å². The zero-order chi connectivity index (χ0) is 18.7. The summed E-state index contributed by atoms with van der Waals surface area (Å²) in [6.45, 7) is -0.151. The molecule has 9 nitrogen and oxygen atoms in total. The molecule has 0 aromatic carbocycles. The third-order valence-corrected chi connectivity index (χ3v) is 4.06. The molecule has 2 unspecified atom stereocenters. The first-order chi connectivity index (χ1) is 11.8. The number of aromatic nitrogens is 1. The van der Waals surface area contributed by atoms with E-state index in [0.717, 1.165) is 24.9 Å². The summed E-state index contributed by atoms with van der Waals surface area (Å²) in [5, 5.41) is 0. The first-order valence-corrected chi connectivity index (χ1v) is 7.37. The van der Waals surface area contributed by atoms with E-state index in [-0.39, 0.29) is 24.2 Å². The number of esters is 3. The van der Waals surface area contributed by atoms with Crippen LogP contribution in [0.5, 0.6) is 0 Å². The van der Waals surface area contributed by atoms with Crippen LogP contribution in [-0.2, 0) is 30.3 Å². The molecular formula is C16H17NO8. The number of carbonyl (C=O) groups is 4. The van der Waals surface area contributed by atoms with Crippen molar-refractivity contribution >= 4 is 23.7 Å². The third kappa shape index (κ3) is 3.44. The van der Waals surface area contributed by atoms with Crippen molar-refractivity contribution in [1.82, 2.24) is 4.57 Å². The molecule has 0 radical (unpaired) electrons. The van der Waals surface area contributed by atoms with Gasteiger partial charge < -0.3 is 18.8 Å². The molecule has 2 heterocycles. The molecule has 1 aromatic rings. The van der Waals surface area contributed by atoms with Crippen molar-refractivity contribution in [2.24, 2.45) is 11.8 Å². The van der Waals surface area contributed by atoms with Gasteiger partial charge in [-0.1, -0.05) is 0 Å². The number of fused-ring (bicyclic) bond motifs is 1. The summed E-state index contributed by atoms with van der Waals surface area (Å²) < 4.78 is 14.9. The maximum Gasteiger partial charge on any atom is 0.338 e. The van der Waals surface area contributed by atoms with Crippen LogP contribution >= 0.6 is 0 Å². The number of Topliss-reactive ketones (excluding diaryl/α,β-unsaturated/α-hetero) is 1. The van der Waals surface area contributed by atoms with Gasteiger partial charge in [0.15, 0.2) is 5.78 Å². The fraction of sp³-hybridized carbons (Fsp3) is 0.438. The van der Waals surface area contributed by atoms with Crippen LogP contribution in [0.3, 0.4) is 0 Å².